The summed E-state index contributed by atoms with van der Waals surface area (Å²) < 4.78 is 42.8. The molecule has 3 heterocycles. The molecule has 0 saturated carbocycles. The van der Waals surface area contributed by atoms with Crippen LogP contribution in [-0.2, 0) is 20.3 Å². The number of carbonyl (C=O) groups is 1. The molecule has 4 N–H and O–H groups in total. The Hall–Kier alpha value is -3.76. The van der Waals surface area contributed by atoms with Crippen LogP contribution in [0, 0.1) is 16.6 Å². The Balaban J connectivity index is 1.21. The van der Waals surface area contributed by atoms with Crippen LogP contribution in [-0.4, -0.2) is 98.5 Å². The molecule has 2 aromatic carbocycles. The molecule has 0 aliphatic carbocycles. The molecule has 1 aliphatic rings. The van der Waals surface area contributed by atoms with E-state index in [1.54, 1.807) is 19.4 Å². The fraction of sp³-hybridized carbons (Fsp3) is 0.550. The van der Waals surface area contributed by atoms with E-state index in [9.17, 15) is 23.5 Å². The van der Waals surface area contributed by atoms with Crippen LogP contribution in [0.4, 0.5) is 21.0 Å². The second-order valence-corrected chi connectivity index (χ2v) is 18.8. The fourth-order valence-corrected chi connectivity index (χ4v) is 9.51. The Bertz CT molecular complexity index is 2020. The standard InChI is InChI=1S/C40H57FN7O7PS/c1-9-48(40(38(2,3)4,39(5,6)7)25-55-56(50,51)52)24-29-15-11-16-47(29)17-12-18-54-34-22-32-31(21-33(34)53-8)36(44-26-43-32)46-37-42-23-30(57-37)20-35(49)45-28-14-10-13-27(41)19-28/h10,13-14,19,21-23,26,29H,9,11-12,15-18,20,24-25H2,1-8H3,(H,45,49)(H2,50,51,52)(H,42,43,44,46)/t29-/m0/s1. The maximum atomic E-state index is 13.5. The molecule has 5 rings (SSSR count). The minimum Gasteiger partial charge on any atom is -0.493 e. The summed E-state index contributed by atoms with van der Waals surface area (Å²) in [5.41, 5.74) is -0.333. The van der Waals surface area contributed by atoms with Crippen LogP contribution in [0.1, 0.15) is 72.6 Å². The predicted octanol–water partition coefficient (Wildman–Crippen LogP) is 7.65. The number of hydrogen-bond acceptors (Lipinski definition) is 12. The third-order valence-corrected chi connectivity index (χ3v) is 12.1. The van der Waals surface area contributed by atoms with Crippen LogP contribution >= 0.6 is 19.2 Å². The van der Waals surface area contributed by atoms with Gasteiger partial charge >= 0.3 is 7.82 Å². The number of ether oxygens (including phenoxy) is 2. The molecule has 0 bridgehead atoms. The first kappa shape index (κ1) is 44.3. The molecular formula is C40H57FN7O7PS. The molecule has 312 valence electrons. The van der Waals surface area contributed by atoms with E-state index in [1.165, 1.54) is 35.9 Å². The Morgan fingerprint density at radius 3 is 2.51 bits per heavy atom. The van der Waals surface area contributed by atoms with Crippen LogP contribution in [0.5, 0.6) is 11.5 Å². The van der Waals surface area contributed by atoms with Crippen LogP contribution in [0.3, 0.4) is 0 Å². The highest BCUT2D eigenvalue weighted by atomic mass is 32.1. The van der Waals surface area contributed by atoms with E-state index in [-0.39, 0.29) is 35.8 Å². The van der Waals surface area contributed by atoms with Gasteiger partial charge in [0.25, 0.3) is 0 Å². The number of fused-ring (bicyclic) bond motifs is 1. The van der Waals surface area contributed by atoms with Crippen molar-refractivity contribution in [1.82, 2.24) is 24.8 Å². The van der Waals surface area contributed by atoms with Gasteiger partial charge in [0.15, 0.2) is 16.6 Å². The number of amides is 1. The number of halogens is 1. The maximum absolute atomic E-state index is 13.5. The van der Waals surface area contributed by atoms with E-state index in [1.807, 2.05) is 12.1 Å². The van der Waals surface area contributed by atoms with E-state index in [0.717, 1.165) is 43.8 Å². The van der Waals surface area contributed by atoms with Gasteiger partial charge in [0.05, 0.1) is 37.8 Å². The van der Waals surface area contributed by atoms with Crippen molar-refractivity contribution in [2.75, 3.05) is 57.1 Å². The minimum atomic E-state index is -4.68. The molecule has 0 radical (unpaired) electrons. The van der Waals surface area contributed by atoms with E-state index in [0.29, 0.717) is 52.2 Å². The van der Waals surface area contributed by atoms with Gasteiger partial charge in [-0.05, 0) is 67.4 Å². The average molecular weight is 830 g/mol. The van der Waals surface area contributed by atoms with Crippen molar-refractivity contribution >= 4 is 52.6 Å². The number of likely N-dealkylation sites (N-methyl/N-ethyl adjacent to an activating group) is 1. The fourth-order valence-electron chi connectivity index (χ4n) is 8.34. The normalized spacial score (nSPS) is 15.7. The van der Waals surface area contributed by atoms with E-state index >= 15 is 0 Å². The van der Waals surface area contributed by atoms with Gasteiger partial charge in [-0.15, -0.1) is 11.3 Å². The first-order chi connectivity index (χ1) is 26.8. The molecule has 1 saturated heterocycles. The lowest BCUT2D eigenvalue weighted by atomic mass is 9.59. The van der Waals surface area contributed by atoms with Gasteiger partial charge in [-0.25, -0.2) is 23.9 Å². The second-order valence-electron chi connectivity index (χ2n) is 16.4. The van der Waals surface area contributed by atoms with Crippen molar-refractivity contribution in [1.29, 1.82) is 0 Å². The predicted molar refractivity (Wildman–Crippen MR) is 222 cm³/mol. The Labute approximate surface area is 338 Å². The number of aromatic nitrogens is 3. The number of rotatable bonds is 18. The Kier molecular flexibility index (Phi) is 14.3. The SMILES string of the molecule is CCN(C[C@@H]1CCCN1CCCOc1cc2ncnc(Nc3ncc(CC(=O)Nc4cccc(F)c4)s3)c2cc1OC)C(COP(=O)(O)O)(C(C)(C)C)C(C)(C)C. The Morgan fingerprint density at radius 1 is 1.09 bits per heavy atom. The summed E-state index contributed by atoms with van der Waals surface area (Å²) in [4.78, 5) is 50.9. The number of phosphoric acid groups is 1. The number of likely N-dealkylation sites (tertiary alicyclic amines) is 1. The highest BCUT2D eigenvalue weighted by Gasteiger charge is 2.55. The average Bonchev–Trinajstić information content (AvgIpc) is 3.76. The van der Waals surface area contributed by atoms with Crippen molar-refractivity contribution < 1.29 is 37.5 Å². The third-order valence-electron chi connectivity index (χ3n) is 10.8. The van der Waals surface area contributed by atoms with Crippen LogP contribution in [0.15, 0.2) is 48.9 Å². The summed E-state index contributed by atoms with van der Waals surface area (Å²) in [6.45, 7) is 18.5. The van der Waals surface area contributed by atoms with Crippen molar-refractivity contribution in [3.8, 4) is 11.5 Å². The monoisotopic (exact) mass is 829 g/mol. The lowest BCUT2D eigenvalue weighted by Crippen LogP contribution is -2.68. The topological polar surface area (TPSA) is 171 Å². The summed E-state index contributed by atoms with van der Waals surface area (Å²) in [5, 5.41) is 7.19. The van der Waals surface area contributed by atoms with Gasteiger partial charge in [-0.1, -0.05) is 54.5 Å². The summed E-state index contributed by atoms with van der Waals surface area (Å²) in [6.07, 6.45) is 6.04. The number of thiazole rings is 1. The second kappa shape index (κ2) is 18.4. The van der Waals surface area contributed by atoms with Crippen LogP contribution in [0.25, 0.3) is 10.9 Å². The van der Waals surface area contributed by atoms with Gasteiger partial charge < -0.3 is 29.9 Å². The zero-order valence-corrected chi connectivity index (χ0v) is 35.9. The van der Waals surface area contributed by atoms with Crippen molar-refractivity contribution in [2.24, 2.45) is 10.8 Å². The molecule has 1 amide bonds. The van der Waals surface area contributed by atoms with Gasteiger partial charge in [0.1, 0.15) is 18.0 Å². The van der Waals surface area contributed by atoms with Gasteiger partial charge in [0.2, 0.25) is 5.91 Å². The molecule has 57 heavy (non-hydrogen) atoms. The van der Waals surface area contributed by atoms with E-state index < -0.39 is 19.2 Å². The number of carbonyl (C=O) groups excluding carboxylic acids is 1. The first-order valence-corrected chi connectivity index (χ1v) is 21.6. The molecule has 14 nitrogen and oxygen atoms in total. The number of nitrogens with zero attached hydrogens (tertiary/aromatic N) is 5. The smallest absolute Gasteiger partial charge is 0.469 e. The van der Waals surface area contributed by atoms with Crippen LogP contribution < -0.4 is 20.1 Å². The van der Waals surface area contributed by atoms with E-state index in [4.69, 9.17) is 14.0 Å². The zero-order chi connectivity index (χ0) is 41.6. The van der Waals surface area contributed by atoms with Gasteiger partial charge in [-0.2, -0.15) is 0 Å². The van der Waals surface area contributed by atoms with Gasteiger partial charge in [0, 0.05) is 47.3 Å². The molecule has 4 aromatic rings. The zero-order valence-electron chi connectivity index (χ0n) is 34.2. The Morgan fingerprint density at radius 2 is 1.84 bits per heavy atom. The number of hydrogen-bond donors (Lipinski definition) is 4. The summed E-state index contributed by atoms with van der Waals surface area (Å²) >= 11 is 1.31. The van der Waals surface area contributed by atoms with Crippen molar-refractivity contribution in [3.63, 3.8) is 0 Å². The minimum absolute atomic E-state index is 0.0802. The number of benzene rings is 2. The maximum Gasteiger partial charge on any atom is 0.469 e. The molecule has 17 heteroatoms. The highest BCUT2D eigenvalue weighted by molar-refractivity contribution is 7.46. The number of phosphoric ester groups is 1. The molecule has 1 fully saturated rings. The molecular weight excluding hydrogens is 773 g/mol. The summed E-state index contributed by atoms with van der Waals surface area (Å²) in [5.74, 6) is 0.911. The first-order valence-electron chi connectivity index (χ1n) is 19.3. The summed E-state index contributed by atoms with van der Waals surface area (Å²) in [7, 11) is -3.10. The largest absolute Gasteiger partial charge is 0.493 e. The molecule has 1 atom stereocenters. The molecule has 2 aromatic heterocycles. The lowest BCUT2D eigenvalue weighted by Gasteiger charge is -2.59. The third kappa shape index (κ3) is 11.0. The van der Waals surface area contributed by atoms with Crippen LogP contribution in [0.2, 0.25) is 0 Å². The van der Waals surface area contributed by atoms with Crippen molar-refractivity contribution in [3.05, 3.63) is 59.6 Å². The number of anilines is 3. The number of methoxy groups -OCH3 is 1. The van der Waals surface area contributed by atoms with Gasteiger partial charge in [-0.3, -0.25) is 19.1 Å². The van der Waals surface area contributed by atoms with E-state index in [2.05, 4.69) is 83.9 Å². The molecule has 0 spiro atoms. The molecule has 1 aliphatic heterocycles. The summed E-state index contributed by atoms with van der Waals surface area (Å²) in [6, 6.07) is 9.68. The molecule has 0 unspecified atom stereocenters. The lowest BCUT2D eigenvalue weighted by molar-refractivity contribution is -0.120. The highest BCUT2D eigenvalue weighted by Crippen LogP contribution is 2.51. The van der Waals surface area contributed by atoms with Crippen molar-refractivity contribution in [2.45, 2.75) is 85.7 Å². The number of nitrogens with one attached hydrogen (secondary N) is 2. The quantitative estimate of drug-likeness (QED) is 0.0570.